The van der Waals surface area contributed by atoms with Crippen LogP contribution in [-0.4, -0.2) is 29.3 Å². The summed E-state index contributed by atoms with van der Waals surface area (Å²) in [6, 6.07) is 14.9. The lowest BCUT2D eigenvalue weighted by molar-refractivity contribution is -0.116. The second-order valence-corrected chi connectivity index (χ2v) is 5.76. The van der Waals surface area contributed by atoms with E-state index in [9.17, 15) is 4.79 Å². The molecule has 0 saturated carbocycles. The average Bonchev–Trinajstić information content (AvgIpc) is 2.63. The number of hydrogen-bond donors (Lipinski definition) is 3. The predicted octanol–water partition coefficient (Wildman–Crippen LogP) is 2.86. The van der Waals surface area contributed by atoms with E-state index < -0.39 is 0 Å². The third-order valence-electron chi connectivity index (χ3n) is 3.36. The number of ether oxygens (including phenoxy) is 1. The van der Waals surface area contributed by atoms with Crippen LogP contribution in [-0.2, 0) is 4.79 Å². The third-order valence-corrected chi connectivity index (χ3v) is 3.68. The first-order chi connectivity index (χ1) is 12.1. The van der Waals surface area contributed by atoms with Gasteiger partial charge < -0.3 is 10.1 Å². The Morgan fingerprint density at radius 1 is 1.24 bits per heavy atom. The van der Waals surface area contributed by atoms with E-state index in [1.165, 1.54) is 6.08 Å². The van der Waals surface area contributed by atoms with Gasteiger partial charge in [0.15, 0.2) is 0 Å². The van der Waals surface area contributed by atoms with Gasteiger partial charge in [-0.3, -0.25) is 15.5 Å². The lowest BCUT2D eigenvalue weighted by Crippen LogP contribution is -2.26. The fraction of sp³-hybridized carbons (Fsp3) is 0.158. The van der Waals surface area contributed by atoms with Crippen molar-refractivity contribution in [3.8, 4) is 5.75 Å². The van der Waals surface area contributed by atoms with Crippen LogP contribution in [0.25, 0.3) is 6.08 Å². The van der Waals surface area contributed by atoms with Gasteiger partial charge in [-0.05, 0) is 42.8 Å². The SMILES string of the molecule is Cc1cccc(/C=C/C(=O)NCCOc2ccc(C(=S)NO)cc2)c1. The zero-order valence-corrected chi connectivity index (χ0v) is 14.7. The number of hydrogen-bond acceptors (Lipinski definition) is 4. The van der Waals surface area contributed by atoms with E-state index in [-0.39, 0.29) is 10.9 Å². The van der Waals surface area contributed by atoms with Gasteiger partial charge in [0.1, 0.15) is 17.3 Å². The Bertz CT molecular complexity index is 758. The zero-order valence-electron chi connectivity index (χ0n) is 13.9. The van der Waals surface area contributed by atoms with Crippen molar-refractivity contribution in [1.29, 1.82) is 0 Å². The number of amides is 1. The van der Waals surface area contributed by atoms with E-state index in [4.69, 9.17) is 22.2 Å². The van der Waals surface area contributed by atoms with Crippen LogP contribution in [0, 0.1) is 6.92 Å². The maximum atomic E-state index is 11.8. The highest BCUT2D eigenvalue weighted by Gasteiger charge is 2.00. The van der Waals surface area contributed by atoms with Gasteiger partial charge in [-0.15, -0.1) is 0 Å². The molecule has 0 unspecified atom stereocenters. The first kappa shape index (κ1) is 18.6. The highest BCUT2D eigenvalue weighted by Crippen LogP contribution is 2.12. The fourth-order valence-corrected chi connectivity index (χ4v) is 2.25. The van der Waals surface area contributed by atoms with Crippen LogP contribution >= 0.6 is 12.2 Å². The number of carbonyl (C=O) groups excluding carboxylic acids is 1. The van der Waals surface area contributed by atoms with Crippen LogP contribution in [0.1, 0.15) is 16.7 Å². The van der Waals surface area contributed by atoms with Gasteiger partial charge in [-0.25, -0.2) is 0 Å². The maximum absolute atomic E-state index is 11.8. The first-order valence-electron chi connectivity index (χ1n) is 7.78. The molecular formula is C19H20N2O3S. The van der Waals surface area contributed by atoms with Crippen LogP contribution in [0.15, 0.2) is 54.6 Å². The molecule has 0 spiro atoms. The molecule has 1 amide bonds. The Morgan fingerprint density at radius 2 is 2.00 bits per heavy atom. The monoisotopic (exact) mass is 356 g/mol. The minimum Gasteiger partial charge on any atom is -0.492 e. The van der Waals surface area contributed by atoms with Crippen LogP contribution in [0.2, 0.25) is 0 Å². The first-order valence-corrected chi connectivity index (χ1v) is 8.19. The lowest BCUT2D eigenvalue weighted by atomic mass is 10.1. The van der Waals surface area contributed by atoms with E-state index in [2.05, 4.69) is 5.32 Å². The smallest absolute Gasteiger partial charge is 0.244 e. The molecule has 130 valence electrons. The molecule has 0 heterocycles. The summed E-state index contributed by atoms with van der Waals surface area (Å²) in [6.07, 6.45) is 3.28. The van der Waals surface area contributed by atoms with Gasteiger partial charge in [0.05, 0.1) is 6.54 Å². The van der Waals surface area contributed by atoms with Crippen LogP contribution in [0.3, 0.4) is 0 Å². The molecule has 25 heavy (non-hydrogen) atoms. The van der Waals surface area contributed by atoms with Gasteiger partial charge >= 0.3 is 0 Å². The lowest BCUT2D eigenvalue weighted by Gasteiger charge is -2.08. The van der Waals surface area contributed by atoms with Gasteiger partial charge in [0, 0.05) is 11.6 Å². The highest BCUT2D eigenvalue weighted by molar-refractivity contribution is 7.80. The van der Waals surface area contributed by atoms with Gasteiger partial charge in [0.2, 0.25) is 5.91 Å². The summed E-state index contributed by atoms with van der Waals surface area (Å²) in [4.78, 5) is 12.0. The third kappa shape index (κ3) is 6.37. The summed E-state index contributed by atoms with van der Waals surface area (Å²) >= 11 is 4.91. The van der Waals surface area contributed by atoms with E-state index in [1.807, 2.05) is 36.7 Å². The second-order valence-electron chi connectivity index (χ2n) is 5.35. The fourth-order valence-electron chi connectivity index (χ4n) is 2.11. The van der Waals surface area contributed by atoms with E-state index >= 15 is 0 Å². The van der Waals surface area contributed by atoms with Crippen molar-refractivity contribution in [2.24, 2.45) is 0 Å². The molecule has 0 fully saturated rings. The van der Waals surface area contributed by atoms with Crippen molar-refractivity contribution in [1.82, 2.24) is 10.8 Å². The van der Waals surface area contributed by atoms with E-state index in [1.54, 1.807) is 30.3 Å². The van der Waals surface area contributed by atoms with Crippen molar-refractivity contribution in [3.05, 3.63) is 71.3 Å². The quantitative estimate of drug-likeness (QED) is 0.308. The Morgan fingerprint density at radius 3 is 2.68 bits per heavy atom. The van der Waals surface area contributed by atoms with Crippen LogP contribution in [0.5, 0.6) is 5.75 Å². The van der Waals surface area contributed by atoms with Crippen molar-refractivity contribution < 1.29 is 14.7 Å². The van der Waals surface area contributed by atoms with Gasteiger partial charge in [-0.2, -0.15) is 0 Å². The van der Waals surface area contributed by atoms with E-state index in [0.29, 0.717) is 24.5 Å². The molecule has 3 N–H and O–H groups in total. The van der Waals surface area contributed by atoms with Crippen molar-refractivity contribution >= 4 is 29.2 Å². The number of carbonyl (C=O) groups is 1. The van der Waals surface area contributed by atoms with Crippen molar-refractivity contribution in [2.45, 2.75) is 6.92 Å². The topological polar surface area (TPSA) is 70.6 Å². The number of nitrogens with one attached hydrogen (secondary N) is 2. The zero-order chi connectivity index (χ0) is 18.1. The molecule has 0 saturated heterocycles. The molecule has 0 aliphatic rings. The minimum atomic E-state index is -0.167. The Labute approximate surface area is 152 Å². The maximum Gasteiger partial charge on any atom is 0.244 e. The average molecular weight is 356 g/mol. The second kappa shape index (κ2) is 9.56. The molecule has 0 radical (unpaired) electrons. The number of thiocarbonyl (C=S) groups is 1. The van der Waals surface area contributed by atoms with E-state index in [0.717, 1.165) is 11.1 Å². The summed E-state index contributed by atoms with van der Waals surface area (Å²) in [5, 5.41) is 11.5. The minimum absolute atomic E-state index is 0.167. The molecular weight excluding hydrogens is 336 g/mol. The molecule has 0 atom stereocenters. The number of benzene rings is 2. The Balaban J connectivity index is 1.71. The van der Waals surface area contributed by atoms with Crippen LogP contribution in [0.4, 0.5) is 0 Å². The summed E-state index contributed by atoms with van der Waals surface area (Å²) in [7, 11) is 0. The molecule has 0 bridgehead atoms. The molecule has 2 aromatic rings. The highest BCUT2D eigenvalue weighted by atomic mass is 32.1. The summed E-state index contributed by atoms with van der Waals surface area (Å²) in [6.45, 7) is 2.76. The van der Waals surface area contributed by atoms with Gasteiger partial charge in [-0.1, -0.05) is 42.0 Å². The standard InChI is InChI=1S/C19H20N2O3S/c1-14-3-2-4-15(13-14)5-10-18(22)20-11-12-24-17-8-6-16(7-9-17)19(25)21-23/h2-10,13,23H,11-12H2,1H3,(H,20,22)(H,21,25)/b10-5+. The number of hydroxylamine groups is 1. The Hall–Kier alpha value is -2.70. The molecule has 6 heteroatoms. The van der Waals surface area contributed by atoms with Gasteiger partial charge in [0.25, 0.3) is 0 Å². The van der Waals surface area contributed by atoms with Crippen LogP contribution < -0.4 is 15.5 Å². The number of rotatable bonds is 7. The summed E-state index contributed by atoms with van der Waals surface area (Å²) in [5.74, 6) is 0.494. The van der Waals surface area contributed by atoms with Crippen molar-refractivity contribution in [2.75, 3.05) is 13.2 Å². The molecule has 5 nitrogen and oxygen atoms in total. The predicted molar refractivity (Wildman–Crippen MR) is 102 cm³/mol. The summed E-state index contributed by atoms with van der Waals surface area (Å²) in [5.41, 5.74) is 4.76. The molecule has 2 aromatic carbocycles. The van der Waals surface area contributed by atoms with Crippen molar-refractivity contribution in [3.63, 3.8) is 0 Å². The molecule has 0 aromatic heterocycles. The molecule has 0 aliphatic heterocycles. The molecule has 0 aliphatic carbocycles. The number of aryl methyl sites for hydroxylation is 1. The Kier molecular flexibility index (Phi) is 7.13. The summed E-state index contributed by atoms with van der Waals surface area (Å²) < 4.78 is 5.54. The largest absolute Gasteiger partial charge is 0.492 e. The normalized spacial score (nSPS) is 10.5. The molecule has 2 rings (SSSR count).